The molecule has 8 nitrogen and oxygen atoms in total. The van der Waals surface area contributed by atoms with Gasteiger partial charge in [0.2, 0.25) is 5.91 Å². The number of carbonyl (C=O) groups excluding carboxylic acids is 2. The summed E-state index contributed by atoms with van der Waals surface area (Å²) in [4.78, 5) is 23.1. The predicted molar refractivity (Wildman–Crippen MR) is 77.7 cm³/mol. The van der Waals surface area contributed by atoms with Gasteiger partial charge in [-0.15, -0.1) is 0 Å². The first-order chi connectivity index (χ1) is 9.61. The highest BCUT2D eigenvalue weighted by Crippen LogP contribution is 2.29. The molecule has 1 aliphatic heterocycles. The minimum atomic E-state index is -0.666. The predicted octanol–water partition coefficient (Wildman–Crippen LogP) is 0.917. The maximum Gasteiger partial charge on any atom is 0.407 e. The number of hydrogen-bond acceptors (Lipinski definition) is 6. The Labute approximate surface area is 124 Å². The molecule has 0 aromatic carbocycles. The van der Waals surface area contributed by atoms with Crippen molar-refractivity contribution >= 4 is 12.0 Å². The molecule has 0 bridgehead atoms. The van der Waals surface area contributed by atoms with Crippen LogP contribution in [0.15, 0.2) is 10.2 Å². The minimum Gasteiger partial charge on any atom is -0.444 e. The lowest BCUT2D eigenvalue weighted by molar-refractivity contribution is -0.122. The summed E-state index contributed by atoms with van der Waals surface area (Å²) in [6.45, 7) is 8.01. The normalized spacial score (nSPS) is 17.0. The van der Waals surface area contributed by atoms with Crippen LogP contribution in [0.5, 0.6) is 0 Å². The lowest BCUT2D eigenvalue weighted by atomic mass is 10.1. The molecule has 1 heterocycles. The minimum absolute atomic E-state index is 0.245. The zero-order chi connectivity index (χ0) is 16.1. The van der Waals surface area contributed by atoms with E-state index in [0.717, 1.165) is 0 Å². The number of nitrogens with two attached hydrogens (primary N) is 1. The quantitative estimate of drug-likeness (QED) is 0.647. The zero-order valence-corrected chi connectivity index (χ0v) is 13.1. The van der Waals surface area contributed by atoms with Crippen LogP contribution in [0.2, 0.25) is 0 Å². The highest BCUT2D eigenvalue weighted by molar-refractivity contribution is 5.81. The van der Waals surface area contributed by atoms with Crippen molar-refractivity contribution < 1.29 is 14.3 Å². The third-order valence-electron chi connectivity index (χ3n) is 2.80. The van der Waals surface area contributed by atoms with Gasteiger partial charge in [-0.2, -0.15) is 10.2 Å². The Morgan fingerprint density at radius 2 is 1.86 bits per heavy atom. The van der Waals surface area contributed by atoms with E-state index in [1.165, 1.54) is 0 Å². The van der Waals surface area contributed by atoms with Crippen molar-refractivity contribution in [3.8, 4) is 0 Å². The first-order valence-electron chi connectivity index (χ1n) is 7.05. The van der Waals surface area contributed by atoms with E-state index >= 15 is 0 Å². The van der Waals surface area contributed by atoms with Gasteiger partial charge in [0, 0.05) is 19.5 Å². The Bertz CT molecular complexity index is 411. The van der Waals surface area contributed by atoms with Gasteiger partial charge in [-0.1, -0.05) is 0 Å². The number of nitrogens with one attached hydrogen (secondary N) is 2. The number of amides is 2. The Morgan fingerprint density at radius 3 is 2.38 bits per heavy atom. The molecule has 0 spiro atoms. The largest absolute Gasteiger partial charge is 0.444 e. The molecule has 0 unspecified atom stereocenters. The lowest BCUT2D eigenvalue weighted by Crippen LogP contribution is -2.44. The third kappa shape index (κ3) is 7.60. The fourth-order valence-electron chi connectivity index (χ4n) is 1.51. The molecule has 0 aromatic rings. The van der Waals surface area contributed by atoms with Gasteiger partial charge in [0.05, 0.1) is 6.04 Å². The van der Waals surface area contributed by atoms with E-state index < -0.39 is 17.7 Å². The van der Waals surface area contributed by atoms with Crippen molar-refractivity contribution in [2.24, 2.45) is 16.0 Å². The fraction of sp³-hybridized carbons (Fsp3) is 0.846. The Balaban J connectivity index is 2.10. The first-order valence-corrected chi connectivity index (χ1v) is 7.05. The molecule has 1 aliphatic rings. The molecule has 0 aliphatic carbocycles. The molecule has 0 saturated heterocycles. The van der Waals surface area contributed by atoms with Crippen LogP contribution in [0.4, 0.5) is 4.79 Å². The Kier molecular flexibility index (Phi) is 5.65. The van der Waals surface area contributed by atoms with Crippen LogP contribution in [0.1, 0.15) is 40.5 Å². The molecule has 4 N–H and O–H groups in total. The summed E-state index contributed by atoms with van der Waals surface area (Å²) in [5.74, 6) is -0.245. The molecule has 1 atom stereocenters. The lowest BCUT2D eigenvalue weighted by Gasteiger charge is -2.20. The highest BCUT2D eigenvalue weighted by atomic mass is 16.6. The summed E-state index contributed by atoms with van der Waals surface area (Å²) in [5.41, 5.74) is 4.88. The maximum absolute atomic E-state index is 11.7. The molecule has 8 heteroatoms. The van der Waals surface area contributed by atoms with E-state index in [2.05, 4.69) is 20.9 Å². The van der Waals surface area contributed by atoms with Crippen LogP contribution in [-0.4, -0.2) is 42.4 Å². The van der Waals surface area contributed by atoms with Crippen molar-refractivity contribution in [3.63, 3.8) is 0 Å². The molecule has 120 valence electrons. The van der Waals surface area contributed by atoms with Gasteiger partial charge in [0.1, 0.15) is 5.60 Å². The Hall–Kier alpha value is -1.70. The topological polar surface area (TPSA) is 118 Å². The number of ether oxygens (including phenoxy) is 1. The highest BCUT2D eigenvalue weighted by Gasteiger charge is 2.33. The van der Waals surface area contributed by atoms with Crippen molar-refractivity contribution in [3.05, 3.63) is 0 Å². The van der Waals surface area contributed by atoms with Crippen molar-refractivity contribution in [2.45, 2.75) is 57.8 Å². The summed E-state index contributed by atoms with van der Waals surface area (Å²) in [5, 5.41) is 13.0. The number of carbonyl (C=O) groups is 2. The molecule has 0 saturated carbocycles. The van der Waals surface area contributed by atoms with Crippen LogP contribution in [0.25, 0.3) is 0 Å². The molecule has 2 amide bonds. The second-order valence-electron chi connectivity index (χ2n) is 6.28. The number of rotatable bonds is 7. The SMILES string of the molecule is CC1(CCNC(=O)[C@@H](N)CCNC(=O)OC(C)(C)C)N=N1. The molecule has 0 radical (unpaired) electrons. The van der Waals surface area contributed by atoms with Gasteiger partial charge in [0.25, 0.3) is 0 Å². The van der Waals surface area contributed by atoms with Crippen molar-refractivity contribution in [2.75, 3.05) is 13.1 Å². The summed E-state index contributed by atoms with van der Waals surface area (Å²) in [7, 11) is 0. The monoisotopic (exact) mass is 299 g/mol. The molecular formula is C13H25N5O3. The van der Waals surface area contributed by atoms with Gasteiger partial charge in [-0.25, -0.2) is 4.79 Å². The summed E-state index contributed by atoms with van der Waals surface area (Å²) in [6.07, 6.45) is 0.499. The van der Waals surface area contributed by atoms with Crippen LogP contribution < -0.4 is 16.4 Å². The van der Waals surface area contributed by atoms with E-state index in [4.69, 9.17) is 10.5 Å². The zero-order valence-electron chi connectivity index (χ0n) is 13.1. The van der Waals surface area contributed by atoms with E-state index in [-0.39, 0.29) is 18.1 Å². The van der Waals surface area contributed by atoms with E-state index in [1.54, 1.807) is 20.8 Å². The first kappa shape index (κ1) is 17.4. The second-order valence-corrected chi connectivity index (χ2v) is 6.28. The average Bonchev–Trinajstić information content (AvgIpc) is 3.04. The van der Waals surface area contributed by atoms with Gasteiger partial charge in [-0.3, -0.25) is 4.79 Å². The number of alkyl carbamates (subject to hydrolysis) is 1. The van der Waals surface area contributed by atoms with Gasteiger partial charge >= 0.3 is 6.09 Å². The second kappa shape index (κ2) is 6.84. The number of nitrogens with zero attached hydrogens (tertiary/aromatic N) is 2. The van der Waals surface area contributed by atoms with Crippen molar-refractivity contribution in [1.82, 2.24) is 10.6 Å². The van der Waals surface area contributed by atoms with E-state index in [0.29, 0.717) is 19.4 Å². The molecular weight excluding hydrogens is 274 g/mol. The summed E-state index contributed by atoms with van der Waals surface area (Å²) >= 11 is 0. The molecule has 0 aromatic heterocycles. The van der Waals surface area contributed by atoms with Crippen LogP contribution >= 0.6 is 0 Å². The fourth-order valence-corrected chi connectivity index (χ4v) is 1.51. The Morgan fingerprint density at radius 1 is 1.24 bits per heavy atom. The van der Waals surface area contributed by atoms with E-state index in [1.807, 2.05) is 6.92 Å². The summed E-state index contributed by atoms with van der Waals surface area (Å²) < 4.78 is 5.08. The number of hydrogen-bond donors (Lipinski definition) is 3. The molecule has 21 heavy (non-hydrogen) atoms. The van der Waals surface area contributed by atoms with Crippen LogP contribution in [0.3, 0.4) is 0 Å². The average molecular weight is 299 g/mol. The van der Waals surface area contributed by atoms with Crippen molar-refractivity contribution in [1.29, 1.82) is 0 Å². The van der Waals surface area contributed by atoms with Crippen LogP contribution in [0, 0.1) is 0 Å². The third-order valence-corrected chi connectivity index (χ3v) is 2.80. The smallest absolute Gasteiger partial charge is 0.407 e. The van der Waals surface area contributed by atoms with Gasteiger partial charge in [-0.05, 0) is 34.1 Å². The maximum atomic E-state index is 11.7. The molecule has 0 fully saturated rings. The van der Waals surface area contributed by atoms with E-state index in [9.17, 15) is 9.59 Å². The van der Waals surface area contributed by atoms with Crippen LogP contribution in [-0.2, 0) is 9.53 Å². The van der Waals surface area contributed by atoms with Gasteiger partial charge in [0.15, 0.2) is 5.66 Å². The van der Waals surface area contributed by atoms with Gasteiger partial charge < -0.3 is 21.1 Å². The molecule has 1 rings (SSSR count). The summed E-state index contributed by atoms with van der Waals surface area (Å²) in [6, 6.07) is -0.666. The standard InChI is InChI=1S/C13H25N5O3/c1-12(2,3)21-11(20)16-7-5-9(14)10(19)15-8-6-13(4)17-18-13/h9H,5-8,14H2,1-4H3,(H,15,19)(H,16,20)/t9-/m0/s1.